The quantitative estimate of drug-likeness (QED) is 0.110. The Morgan fingerprint density at radius 2 is 1.56 bits per heavy atom. The first-order valence-electron chi connectivity index (χ1n) is 17.5. The maximum atomic E-state index is 14.1. The number of ether oxygens (including phenoxy) is 3. The molecule has 0 saturated carbocycles. The van der Waals surface area contributed by atoms with Gasteiger partial charge in [0, 0.05) is 43.2 Å². The van der Waals surface area contributed by atoms with Crippen LogP contribution in [0.15, 0.2) is 72.2 Å². The van der Waals surface area contributed by atoms with E-state index in [1.807, 2.05) is 66.0 Å². The lowest BCUT2D eigenvalue weighted by atomic mass is 9.59. The van der Waals surface area contributed by atoms with Gasteiger partial charge in [0.2, 0.25) is 0 Å². The number of amides is 2. The van der Waals surface area contributed by atoms with Crippen molar-refractivity contribution < 1.29 is 28.6 Å². The number of hydrogen-bond donors (Lipinski definition) is 1. The number of thiocarbonyl (C=S) groups is 1. The van der Waals surface area contributed by atoms with Crippen molar-refractivity contribution in [1.82, 2.24) is 14.8 Å². The average Bonchev–Trinajstić information content (AvgIpc) is 3.66. The number of benzene rings is 2. The van der Waals surface area contributed by atoms with Crippen LogP contribution in [0.5, 0.6) is 0 Å². The Morgan fingerprint density at radius 1 is 0.940 bits per heavy atom. The van der Waals surface area contributed by atoms with Crippen LogP contribution < -0.4 is 5.73 Å². The molecule has 2 aromatic carbocycles. The first-order valence-corrected chi connectivity index (χ1v) is 18.8. The smallest absolute Gasteiger partial charge is 0.410 e. The van der Waals surface area contributed by atoms with Gasteiger partial charge >= 0.3 is 18.2 Å². The first kappa shape index (κ1) is 37.2. The van der Waals surface area contributed by atoms with E-state index in [4.69, 9.17) is 37.1 Å². The van der Waals surface area contributed by atoms with E-state index in [-0.39, 0.29) is 50.4 Å². The van der Waals surface area contributed by atoms with Gasteiger partial charge in [-0.3, -0.25) is 4.79 Å². The summed E-state index contributed by atoms with van der Waals surface area (Å²) in [5.41, 5.74) is 7.22. The van der Waals surface area contributed by atoms with E-state index >= 15 is 0 Å². The number of carbonyl (C=O) groups is 3. The van der Waals surface area contributed by atoms with Gasteiger partial charge < -0.3 is 29.7 Å². The number of esters is 1. The molecule has 2 N–H and O–H groups in total. The van der Waals surface area contributed by atoms with Crippen molar-refractivity contribution in [3.8, 4) is 0 Å². The Labute approximate surface area is 304 Å². The number of piperidine rings is 2. The molecule has 268 valence electrons. The summed E-state index contributed by atoms with van der Waals surface area (Å²) in [5, 5.41) is 2.78. The summed E-state index contributed by atoms with van der Waals surface area (Å²) in [6.07, 6.45) is 5.16. The molecule has 2 amide bonds. The topological polar surface area (TPSA) is 124 Å². The number of nitrogens with zero attached hydrogens (tertiary/aromatic N) is 3. The molecule has 12 heteroatoms. The number of nitrogens with two attached hydrogens (primary N) is 1. The molecular weight excluding hydrogens is 673 g/mol. The minimum Gasteiger partial charge on any atom is -0.466 e. The van der Waals surface area contributed by atoms with Crippen LogP contribution in [0.2, 0.25) is 0 Å². The molecule has 0 radical (unpaired) electrons. The number of rotatable bonds is 13. The molecule has 2 fully saturated rings. The lowest BCUT2D eigenvalue weighted by molar-refractivity contribution is -0.159. The molecule has 1 aromatic heterocycles. The number of hydrogen-bond acceptors (Lipinski definition) is 9. The highest BCUT2D eigenvalue weighted by Crippen LogP contribution is 2.54. The van der Waals surface area contributed by atoms with Crippen LogP contribution in [0.4, 0.5) is 9.59 Å². The van der Waals surface area contributed by atoms with Crippen LogP contribution in [0, 0.1) is 17.3 Å². The van der Waals surface area contributed by atoms with Crippen molar-refractivity contribution in [2.24, 2.45) is 23.0 Å². The highest BCUT2D eigenvalue weighted by molar-refractivity contribution is 7.80. The summed E-state index contributed by atoms with van der Waals surface area (Å²) in [6, 6.07) is 18.9. The summed E-state index contributed by atoms with van der Waals surface area (Å²) in [5.74, 6) is -0.947. The van der Waals surface area contributed by atoms with E-state index < -0.39 is 17.4 Å². The zero-order chi connectivity index (χ0) is 35.5. The van der Waals surface area contributed by atoms with Gasteiger partial charge in [0.1, 0.15) is 13.2 Å². The third-order valence-electron chi connectivity index (χ3n) is 10.3. The van der Waals surface area contributed by atoms with Crippen LogP contribution in [0.1, 0.15) is 74.4 Å². The molecule has 2 saturated heterocycles. The van der Waals surface area contributed by atoms with Gasteiger partial charge in [-0.25, -0.2) is 14.6 Å². The lowest BCUT2D eigenvalue weighted by Crippen LogP contribution is -2.60. The molecule has 0 aliphatic carbocycles. The van der Waals surface area contributed by atoms with Gasteiger partial charge in [-0.2, -0.15) is 0 Å². The SMILES string of the molecule is CCOC(=O)C1CN(C(=O)OCc2ccccc2)C(CCC2CCN(C(=O)OCc3ccccc3)CC2)C(c2nccs2)C1(C)CCC(N)=S. The van der Waals surface area contributed by atoms with Crippen molar-refractivity contribution in [1.29, 1.82) is 0 Å². The minimum atomic E-state index is -0.652. The van der Waals surface area contributed by atoms with E-state index in [0.29, 0.717) is 43.3 Å². The Hall–Kier alpha value is -4.03. The summed E-state index contributed by atoms with van der Waals surface area (Å²) < 4.78 is 17.1. The van der Waals surface area contributed by atoms with E-state index in [2.05, 4.69) is 6.92 Å². The molecule has 2 aliphatic rings. The monoisotopic (exact) mass is 720 g/mol. The van der Waals surface area contributed by atoms with Crippen molar-refractivity contribution in [3.05, 3.63) is 88.4 Å². The number of aromatic nitrogens is 1. The van der Waals surface area contributed by atoms with Gasteiger partial charge in [-0.05, 0) is 67.9 Å². The van der Waals surface area contributed by atoms with Crippen molar-refractivity contribution in [2.75, 3.05) is 26.2 Å². The molecule has 4 atom stereocenters. The van der Waals surface area contributed by atoms with E-state index in [9.17, 15) is 14.4 Å². The number of likely N-dealkylation sites (tertiary alicyclic amines) is 2. The summed E-state index contributed by atoms with van der Waals surface area (Å²) in [4.78, 5) is 49.3. The Balaban J connectivity index is 1.36. The molecule has 3 heterocycles. The first-order chi connectivity index (χ1) is 24.2. The fourth-order valence-corrected chi connectivity index (χ4v) is 8.53. The van der Waals surface area contributed by atoms with E-state index in [0.717, 1.165) is 35.4 Å². The van der Waals surface area contributed by atoms with Crippen LogP contribution in [0.25, 0.3) is 0 Å². The van der Waals surface area contributed by atoms with Crippen LogP contribution >= 0.6 is 23.6 Å². The van der Waals surface area contributed by atoms with Crippen molar-refractivity contribution in [3.63, 3.8) is 0 Å². The van der Waals surface area contributed by atoms with Gasteiger partial charge in [0.05, 0.1) is 22.5 Å². The normalized spacial score (nSPS) is 22.5. The number of carbonyl (C=O) groups excluding carboxylic acids is 3. The maximum absolute atomic E-state index is 14.1. The Kier molecular flexibility index (Phi) is 13.2. The average molecular weight is 721 g/mol. The molecule has 3 aromatic rings. The Morgan fingerprint density at radius 3 is 2.12 bits per heavy atom. The lowest BCUT2D eigenvalue weighted by Gasteiger charge is -2.54. The standard InChI is InChI=1S/C38H48N4O6S2/c1-3-46-35(43)30-24-42(37(45)48-26-29-12-8-5-9-13-29)31(33(34-40-20-23-50-34)38(30,2)19-16-32(39)49)15-14-27-17-21-41(22-18-27)36(44)47-25-28-10-6-4-7-11-28/h4-13,20,23,27,30-31,33H,3,14-19,21-22,24-26H2,1-2H3,(H2,39,49). The van der Waals surface area contributed by atoms with Gasteiger partial charge in [0.15, 0.2) is 0 Å². The second-order valence-electron chi connectivity index (χ2n) is 13.4. The zero-order valence-electron chi connectivity index (χ0n) is 28.9. The largest absolute Gasteiger partial charge is 0.466 e. The highest BCUT2D eigenvalue weighted by atomic mass is 32.1. The van der Waals surface area contributed by atoms with Crippen molar-refractivity contribution in [2.45, 2.75) is 77.5 Å². The van der Waals surface area contributed by atoms with Gasteiger partial charge in [-0.1, -0.05) is 79.8 Å². The molecule has 50 heavy (non-hydrogen) atoms. The second-order valence-corrected chi connectivity index (χ2v) is 14.9. The molecule has 5 rings (SSSR count). The molecular formula is C38H48N4O6S2. The summed E-state index contributed by atoms with van der Waals surface area (Å²) in [6.45, 7) is 5.84. The predicted molar refractivity (Wildman–Crippen MR) is 196 cm³/mol. The van der Waals surface area contributed by atoms with Crippen LogP contribution in [-0.4, -0.2) is 70.2 Å². The van der Waals surface area contributed by atoms with Crippen LogP contribution in [0.3, 0.4) is 0 Å². The zero-order valence-corrected chi connectivity index (χ0v) is 30.5. The summed E-state index contributed by atoms with van der Waals surface area (Å²) >= 11 is 6.84. The number of thiazole rings is 1. The van der Waals surface area contributed by atoms with Gasteiger partial charge in [-0.15, -0.1) is 11.3 Å². The third-order valence-corrected chi connectivity index (χ3v) is 11.3. The molecule has 0 bridgehead atoms. The second kappa shape index (κ2) is 17.8. The van der Waals surface area contributed by atoms with E-state index in [1.54, 1.807) is 22.9 Å². The molecule has 2 aliphatic heterocycles. The maximum Gasteiger partial charge on any atom is 0.410 e. The van der Waals surface area contributed by atoms with Gasteiger partial charge in [0.25, 0.3) is 0 Å². The van der Waals surface area contributed by atoms with E-state index in [1.165, 1.54) is 11.3 Å². The Bertz CT molecular complexity index is 1550. The molecule has 0 spiro atoms. The summed E-state index contributed by atoms with van der Waals surface area (Å²) in [7, 11) is 0. The molecule has 4 unspecified atom stereocenters. The minimum absolute atomic E-state index is 0.117. The predicted octanol–water partition coefficient (Wildman–Crippen LogP) is 7.33. The fourth-order valence-electron chi connectivity index (χ4n) is 7.48. The fraction of sp³-hybridized carbons (Fsp3) is 0.500. The molecule has 10 nitrogen and oxygen atoms in total. The van der Waals surface area contributed by atoms with Crippen LogP contribution in [-0.2, 0) is 32.2 Å². The van der Waals surface area contributed by atoms with Crippen molar-refractivity contribution >= 4 is 46.7 Å². The third kappa shape index (κ3) is 9.39. The highest BCUT2D eigenvalue weighted by Gasteiger charge is 2.57.